The molecular formula is C22H31ClN2O2. The van der Waals surface area contributed by atoms with Gasteiger partial charge in [-0.25, -0.2) is 4.68 Å². The lowest BCUT2D eigenvalue weighted by Gasteiger charge is -2.10. The van der Waals surface area contributed by atoms with E-state index < -0.39 is 0 Å². The maximum atomic E-state index is 12.6. The van der Waals surface area contributed by atoms with Crippen molar-refractivity contribution in [1.29, 1.82) is 0 Å². The molecule has 27 heavy (non-hydrogen) atoms. The average Bonchev–Trinajstić information content (AvgIpc) is 2.91. The van der Waals surface area contributed by atoms with E-state index in [1.165, 1.54) is 35.9 Å². The summed E-state index contributed by atoms with van der Waals surface area (Å²) in [6, 6.07) is 3.71. The van der Waals surface area contributed by atoms with Gasteiger partial charge in [0.25, 0.3) is 5.91 Å². The van der Waals surface area contributed by atoms with Crippen molar-refractivity contribution in [2.24, 2.45) is 0 Å². The van der Waals surface area contributed by atoms with E-state index in [1.54, 1.807) is 0 Å². The van der Waals surface area contributed by atoms with Gasteiger partial charge in [-0.05, 0) is 69.4 Å². The smallest absolute Gasteiger partial charge is 0.284 e. The topological polar surface area (TPSA) is 44.1 Å². The molecule has 1 heterocycles. The Hall–Kier alpha value is -1.81. The van der Waals surface area contributed by atoms with Crippen LogP contribution in [0.25, 0.3) is 0 Å². The number of ether oxygens (including phenoxy) is 1. The highest BCUT2D eigenvalue weighted by atomic mass is 35.5. The van der Waals surface area contributed by atoms with Crippen LogP contribution in [0.1, 0.15) is 71.9 Å². The largest absolute Gasteiger partial charge is 0.484 e. The molecule has 0 spiro atoms. The van der Waals surface area contributed by atoms with Gasteiger partial charge in [0.2, 0.25) is 0 Å². The third kappa shape index (κ3) is 5.58. The van der Waals surface area contributed by atoms with E-state index in [9.17, 15) is 4.79 Å². The molecule has 0 aliphatic heterocycles. The van der Waals surface area contributed by atoms with Gasteiger partial charge in [0.1, 0.15) is 5.75 Å². The van der Waals surface area contributed by atoms with Gasteiger partial charge in [0.05, 0.1) is 5.69 Å². The van der Waals surface area contributed by atoms with Gasteiger partial charge in [-0.3, -0.25) is 4.79 Å². The third-order valence-electron chi connectivity index (χ3n) is 4.98. The van der Waals surface area contributed by atoms with E-state index in [-0.39, 0.29) is 12.5 Å². The summed E-state index contributed by atoms with van der Waals surface area (Å²) in [7, 11) is 0. The molecule has 2 rings (SSSR count). The Kier molecular flexibility index (Phi) is 7.91. The fraction of sp³-hybridized carbons (Fsp3) is 0.545. The van der Waals surface area contributed by atoms with Crippen LogP contribution in [0.2, 0.25) is 5.02 Å². The highest BCUT2D eigenvalue weighted by Gasteiger charge is 2.17. The van der Waals surface area contributed by atoms with Gasteiger partial charge >= 0.3 is 0 Å². The molecule has 0 N–H and O–H groups in total. The van der Waals surface area contributed by atoms with Crippen molar-refractivity contribution >= 4 is 17.5 Å². The number of aromatic nitrogens is 2. The fourth-order valence-electron chi connectivity index (χ4n) is 3.38. The first-order chi connectivity index (χ1) is 12.8. The SMILES string of the molecule is CCCCCCCc1c(C)nn(C(=O)COc2cc(C)c(Cl)c(C)c2)c1C. The van der Waals surface area contributed by atoms with E-state index in [4.69, 9.17) is 16.3 Å². The number of carbonyl (C=O) groups excluding carboxylic acids is 1. The summed E-state index contributed by atoms with van der Waals surface area (Å²) < 4.78 is 7.19. The molecule has 148 valence electrons. The molecule has 0 fully saturated rings. The second-order valence-electron chi connectivity index (χ2n) is 7.28. The van der Waals surface area contributed by atoms with Crippen molar-refractivity contribution < 1.29 is 9.53 Å². The quantitative estimate of drug-likeness (QED) is 0.493. The minimum atomic E-state index is -0.155. The molecule has 5 heteroatoms. The number of aryl methyl sites for hydroxylation is 3. The van der Waals surface area contributed by atoms with Crippen molar-refractivity contribution in [2.75, 3.05) is 6.61 Å². The van der Waals surface area contributed by atoms with Crippen molar-refractivity contribution in [1.82, 2.24) is 9.78 Å². The maximum absolute atomic E-state index is 12.6. The lowest BCUT2D eigenvalue weighted by molar-refractivity contribution is 0.0818. The number of halogens is 1. The van der Waals surface area contributed by atoms with Crippen LogP contribution in [0.5, 0.6) is 5.75 Å². The molecule has 0 aliphatic rings. The average molecular weight is 391 g/mol. The summed E-state index contributed by atoms with van der Waals surface area (Å²) in [6.45, 7) is 9.98. The van der Waals surface area contributed by atoms with Gasteiger partial charge in [-0.1, -0.05) is 44.2 Å². The molecule has 0 atom stereocenters. The monoisotopic (exact) mass is 390 g/mol. The van der Waals surface area contributed by atoms with Crippen LogP contribution < -0.4 is 4.74 Å². The van der Waals surface area contributed by atoms with Gasteiger partial charge in [0.15, 0.2) is 6.61 Å². The Morgan fingerprint density at radius 2 is 1.70 bits per heavy atom. The minimum Gasteiger partial charge on any atom is -0.484 e. The normalized spacial score (nSPS) is 11.0. The molecular weight excluding hydrogens is 360 g/mol. The van der Waals surface area contributed by atoms with Crippen LogP contribution in [0.4, 0.5) is 0 Å². The second-order valence-corrected chi connectivity index (χ2v) is 7.66. The zero-order valence-corrected chi connectivity index (χ0v) is 17.9. The van der Waals surface area contributed by atoms with Crippen molar-refractivity contribution in [3.8, 4) is 5.75 Å². The second kappa shape index (κ2) is 9.93. The minimum absolute atomic E-state index is 0.0432. The molecule has 0 aliphatic carbocycles. The Morgan fingerprint density at radius 1 is 1.07 bits per heavy atom. The summed E-state index contributed by atoms with van der Waals surface area (Å²) >= 11 is 6.18. The summed E-state index contributed by atoms with van der Waals surface area (Å²) in [5.74, 6) is 0.499. The Balaban J connectivity index is 1.99. The number of hydrogen-bond donors (Lipinski definition) is 0. The van der Waals surface area contributed by atoms with Gasteiger partial charge in [-0.15, -0.1) is 0 Å². The lowest BCUT2D eigenvalue weighted by Crippen LogP contribution is -2.22. The van der Waals surface area contributed by atoms with E-state index in [0.29, 0.717) is 5.75 Å². The first-order valence-electron chi connectivity index (χ1n) is 9.83. The summed E-state index contributed by atoms with van der Waals surface area (Å²) in [4.78, 5) is 12.6. The number of rotatable bonds is 9. The number of carbonyl (C=O) groups is 1. The van der Waals surface area contributed by atoms with Crippen LogP contribution in [-0.2, 0) is 6.42 Å². The van der Waals surface area contributed by atoms with E-state index >= 15 is 0 Å². The van der Waals surface area contributed by atoms with Crippen LogP contribution in [0, 0.1) is 27.7 Å². The van der Waals surface area contributed by atoms with Gasteiger partial charge < -0.3 is 4.74 Å². The number of hydrogen-bond acceptors (Lipinski definition) is 3. The Labute approximate surface area is 167 Å². The van der Waals surface area contributed by atoms with Crippen LogP contribution in [0.15, 0.2) is 12.1 Å². The zero-order valence-electron chi connectivity index (χ0n) is 17.2. The van der Waals surface area contributed by atoms with Gasteiger partial charge in [-0.2, -0.15) is 5.10 Å². The number of unbranched alkanes of at least 4 members (excludes halogenated alkanes) is 4. The predicted octanol–water partition coefficient (Wildman–Crippen LogP) is 6.00. The first-order valence-corrected chi connectivity index (χ1v) is 10.2. The standard InChI is InChI=1S/C22H31ClN2O2/c1-6-7-8-9-10-11-20-17(4)24-25(18(20)5)21(26)14-27-19-12-15(2)22(23)16(3)13-19/h12-13H,6-11,14H2,1-5H3. The molecule has 1 aromatic heterocycles. The van der Waals surface area contributed by atoms with Gasteiger partial charge in [0, 0.05) is 10.7 Å². The van der Waals surface area contributed by atoms with E-state index in [2.05, 4.69) is 12.0 Å². The molecule has 0 bridgehead atoms. The van der Waals surface area contributed by atoms with Crippen LogP contribution in [-0.4, -0.2) is 22.3 Å². The van der Waals surface area contributed by atoms with E-state index in [1.807, 2.05) is 39.8 Å². The third-order valence-corrected chi connectivity index (χ3v) is 5.58. The molecule has 0 amide bonds. The zero-order chi connectivity index (χ0) is 20.0. The van der Waals surface area contributed by atoms with Crippen LogP contribution in [0.3, 0.4) is 0 Å². The molecule has 1 aromatic carbocycles. The highest BCUT2D eigenvalue weighted by molar-refractivity contribution is 6.32. The van der Waals surface area contributed by atoms with Crippen molar-refractivity contribution in [3.05, 3.63) is 45.2 Å². The Bertz CT molecular complexity index is 773. The molecule has 2 aromatic rings. The Morgan fingerprint density at radius 3 is 2.33 bits per heavy atom. The molecule has 4 nitrogen and oxygen atoms in total. The first kappa shape index (κ1) is 21.5. The van der Waals surface area contributed by atoms with E-state index in [0.717, 1.165) is 40.4 Å². The summed E-state index contributed by atoms with van der Waals surface area (Å²) in [5, 5.41) is 5.18. The fourth-order valence-corrected chi connectivity index (χ4v) is 3.49. The summed E-state index contributed by atoms with van der Waals surface area (Å²) in [5.41, 5.74) is 4.94. The predicted molar refractivity (Wildman–Crippen MR) is 111 cm³/mol. The number of benzene rings is 1. The highest BCUT2D eigenvalue weighted by Crippen LogP contribution is 2.26. The van der Waals surface area contributed by atoms with Crippen molar-refractivity contribution in [2.45, 2.75) is 73.1 Å². The van der Waals surface area contributed by atoms with Crippen LogP contribution >= 0.6 is 11.6 Å². The lowest BCUT2D eigenvalue weighted by atomic mass is 10.0. The molecule has 0 radical (unpaired) electrons. The maximum Gasteiger partial charge on any atom is 0.284 e. The molecule has 0 saturated heterocycles. The van der Waals surface area contributed by atoms with Crippen molar-refractivity contribution in [3.63, 3.8) is 0 Å². The molecule has 0 unspecified atom stereocenters. The number of nitrogens with zero attached hydrogens (tertiary/aromatic N) is 2. The molecule has 0 saturated carbocycles. The summed E-state index contributed by atoms with van der Waals surface area (Å²) in [6.07, 6.45) is 7.15.